The molecule has 1 aliphatic rings. The summed E-state index contributed by atoms with van der Waals surface area (Å²) < 4.78 is 43.2. The van der Waals surface area contributed by atoms with Crippen molar-refractivity contribution in [1.29, 1.82) is 0 Å². The molecule has 2 atom stereocenters. The van der Waals surface area contributed by atoms with Gasteiger partial charge >= 0.3 is 16.4 Å². The number of β-lactam (4-membered cyclic amide) rings is 1. The Hall–Kier alpha value is -4.53. The minimum Gasteiger partial charge on any atom is -0.489 e. The number of nitrogens with one attached hydrogen (secondary N) is 1. The van der Waals surface area contributed by atoms with Crippen molar-refractivity contribution in [2.45, 2.75) is 38.5 Å². The van der Waals surface area contributed by atoms with Crippen molar-refractivity contribution in [2.75, 3.05) is 25.4 Å². The van der Waals surface area contributed by atoms with Crippen LogP contribution in [0.3, 0.4) is 0 Å². The molecular formula is C29H36N7O10S2+. The quantitative estimate of drug-likeness (QED) is 0.0319. The first kappa shape index (κ1) is 36.3. The van der Waals surface area contributed by atoms with Crippen molar-refractivity contribution in [3.63, 3.8) is 0 Å². The number of nitrogens with zero attached hydrogens (tertiary/aromatic N) is 4. The number of ketones is 1. The van der Waals surface area contributed by atoms with Crippen molar-refractivity contribution in [2.24, 2.45) is 23.9 Å². The molecule has 2 aromatic heterocycles. The van der Waals surface area contributed by atoms with E-state index in [1.165, 1.54) is 19.2 Å². The van der Waals surface area contributed by atoms with Gasteiger partial charge in [0, 0.05) is 36.5 Å². The first-order valence-corrected chi connectivity index (χ1v) is 16.7. The van der Waals surface area contributed by atoms with Crippen LogP contribution >= 0.6 is 11.3 Å². The van der Waals surface area contributed by atoms with Gasteiger partial charge in [-0.15, -0.1) is 15.6 Å². The fraction of sp³-hybridized carbons (Fsp3) is 0.379. The number of carboxylic acids is 1. The number of benzene rings is 1. The summed E-state index contributed by atoms with van der Waals surface area (Å²) in [5.41, 5.74) is 12.4. The van der Waals surface area contributed by atoms with E-state index < -0.39 is 64.4 Å². The van der Waals surface area contributed by atoms with Crippen LogP contribution in [0.25, 0.3) is 11.1 Å². The van der Waals surface area contributed by atoms with Gasteiger partial charge in [0.05, 0.1) is 18.0 Å². The maximum Gasteiger partial charge on any atom is 0.418 e. The molecule has 17 nitrogen and oxygen atoms in total. The van der Waals surface area contributed by atoms with Gasteiger partial charge < -0.3 is 31.5 Å². The first-order valence-electron chi connectivity index (χ1n) is 14.5. The number of carbonyl (C=O) groups excluding carboxylic acids is 2. The topological polar surface area (TPSA) is 250 Å². The highest BCUT2D eigenvalue weighted by molar-refractivity contribution is 7.80. The van der Waals surface area contributed by atoms with Crippen LogP contribution in [0.4, 0.5) is 5.13 Å². The number of oxime groups is 1. The highest BCUT2D eigenvalue weighted by atomic mass is 32.3. The lowest BCUT2D eigenvalue weighted by molar-refractivity contribution is -0.678. The predicted octanol–water partition coefficient (Wildman–Crippen LogP) is 0.449. The summed E-state index contributed by atoms with van der Waals surface area (Å²) in [6, 6.07) is 11.0. The molecule has 1 amide bonds. The summed E-state index contributed by atoms with van der Waals surface area (Å²) in [5.74, 6) is -3.80. The molecular weight excluding hydrogens is 670 g/mol. The van der Waals surface area contributed by atoms with Gasteiger partial charge in [-0.25, -0.2) is 14.3 Å². The molecule has 0 radical (unpaired) electrons. The normalized spacial score (nSPS) is 16.7. The maximum atomic E-state index is 13.3. The smallest absolute Gasteiger partial charge is 0.418 e. The Morgan fingerprint density at radius 3 is 2.46 bits per heavy atom. The number of aliphatic carboxylic acids is 1. The SMILES string of the molecule is C[n+]1cc(-c2ccc(OC[C@H](O/N=C(\C(=O)C[C@@H]3C(=O)N(OS(=O)(=O)O)C3(C)C)c3csc(N)n3)C(=O)O)cc2)ccc1CNCCN. The number of amides is 1. The Balaban J connectivity index is 1.43. The second kappa shape index (κ2) is 15.1. The van der Waals surface area contributed by atoms with E-state index in [0.717, 1.165) is 28.2 Å². The number of hydrogen-bond acceptors (Lipinski definition) is 14. The zero-order valence-corrected chi connectivity index (χ0v) is 27.9. The van der Waals surface area contributed by atoms with Crippen LogP contribution in [0.2, 0.25) is 0 Å². The number of carbonyl (C=O) groups is 3. The Morgan fingerprint density at radius 2 is 1.90 bits per heavy atom. The van der Waals surface area contributed by atoms with E-state index in [1.54, 1.807) is 12.1 Å². The van der Waals surface area contributed by atoms with Gasteiger partial charge in [-0.1, -0.05) is 17.3 Å². The lowest BCUT2D eigenvalue weighted by Crippen LogP contribution is -2.68. The van der Waals surface area contributed by atoms with Crippen LogP contribution in [-0.4, -0.2) is 82.8 Å². The first-order chi connectivity index (χ1) is 22.6. The molecule has 0 spiro atoms. The van der Waals surface area contributed by atoms with E-state index in [4.69, 9.17) is 25.6 Å². The standard InChI is InChI=1S/C29H35N7O10S2/c1-29(2)21(26(38)36(29)46-48(41,42)43)12-23(37)25(22-16-47-28(31)33-22)34-45-24(27(39)40)15-44-20-8-5-17(6-9-20)18-4-7-19(35(3)14-18)13-32-11-10-30/h4-9,14,16,21,24,32H,10-13,15,30H2,1-3H3,(H3-,31,33,39,40,41,42,43)/p+1/b34-25-/t21-,24+/m1/s1. The number of Topliss-reactive ketones (excluding diaryl/α,β-unsaturated/α-hetero) is 1. The molecule has 0 bridgehead atoms. The number of hydroxylamine groups is 2. The number of carboxylic acid groups (broad SMARTS) is 1. The number of nitrogen functional groups attached to an aromatic ring is 1. The van der Waals surface area contributed by atoms with E-state index in [0.29, 0.717) is 30.4 Å². The van der Waals surface area contributed by atoms with Gasteiger partial charge in [0.25, 0.3) is 12.0 Å². The van der Waals surface area contributed by atoms with Crippen molar-refractivity contribution >= 4 is 50.2 Å². The second-order valence-corrected chi connectivity index (χ2v) is 13.1. The highest BCUT2D eigenvalue weighted by Crippen LogP contribution is 2.40. The van der Waals surface area contributed by atoms with Crippen LogP contribution in [0.15, 0.2) is 53.1 Å². The fourth-order valence-corrected chi connectivity index (χ4v) is 5.78. The van der Waals surface area contributed by atoms with Gasteiger partial charge in [-0.05, 0) is 37.6 Å². The van der Waals surface area contributed by atoms with Gasteiger partial charge in [0.2, 0.25) is 0 Å². The van der Waals surface area contributed by atoms with E-state index in [2.05, 4.69) is 19.7 Å². The number of aryl methyl sites for hydroxylation is 1. The van der Waals surface area contributed by atoms with Gasteiger partial charge in [0.1, 0.15) is 25.1 Å². The largest absolute Gasteiger partial charge is 0.489 e. The summed E-state index contributed by atoms with van der Waals surface area (Å²) in [6.45, 7) is 4.31. The van der Waals surface area contributed by atoms with Gasteiger partial charge in [0.15, 0.2) is 28.5 Å². The van der Waals surface area contributed by atoms with Crippen LogP contribution in [0, 0.1) is 5.92 Å². The number of rotatable bonds is 17. The zero-order valence-electron chi connectivity index (χ0n) is 26.2. The number of hydrogen-bond donors (Lipinski definition) is 5. The summed E-state index contributed by atoms with van der Waals surface area (Å²) in [7, 11) is -3.04. The minimum atomic E-state index is -4.99. The molecule has 1 saturated heterocycles. The Morgan fingerprint density at radius 1 is 1.21 bits per heavy atom. The van der Waals surface area contributed by atoms with E-state index in [-0.39, 0.29) is 10.8 Å². The monoisotopic (exact) mass is 706 g/mol. The van der Waals surface area contributed by atoms with Crippen LogP contribution < -0.4 is 26.1 Å². The van der Waals surface area contributed by atoms with E-state index in [9.17, 15) is 27.9 Å². The minimum absolute atomic E-state index is 0.0213. The number of thiazole rings is 1. The molecule has 1 aliphatic heterocycles. The molecule has 4 rings (SSSR count). The Bertz CT molecular complexity index is 1800. The third-order valence-corrected chi connectivity index (χ3v) is 8.48. The number of pyridine rings is 1. The van der Waals surface area contributed by atoms with Crippen LogP contribution in [0.1, 0.15) is 31.7 Å². The summed E-state index contributed by atoms with van der Waals surface area (Å²) in [6.07, 6.45) is -0.159. The van der Waals surface area contributed by atoms with Gasteiger partial charge in [-0.2, -0.15) is 13.5 Å². The summed E-state index contributed by atoms with van der Waals surface area (Å²) in [5, 5.41) is 18.7. The highest BCUT2D eigenvalue weighted by Gasteiger charge is 2.57. The molecule has 3 heterocycles. The lowest BCUT2D eigenvalue weighted by Gasteiger charge is -2.50. The number of aromatic nitrogens is 2. The summed E-state index contributed by atoms with van der Waals surface area (Å²) in [4.78, 5) is 47.2. The Kier molecular flexibility index (Phi) is 11.4. The fourth-order valence-electron chi connectivity index (χ4n) is 4.78. The number of ether oxygens (including phenoxy) is 1. The summed E-state index contributed by atoms with van der Waals surface area (Å²) >= 11 is 0.988. The van der Waals surface area contributed by atoms with Crippen molar-refractivity contribution < 1.29 is 50.9 Å². The molecule has 1 fully saturated rings. The number of anilines is 1. The van der Waals surface area contributed by atoms with E-state index >= 15 is 0 Å². The molecule has 0 aliphatic carbocycles. The molecule has 0 saturated carbocycles. The molecule has 3 aromatic rings. The Labute approximate surface area is 280 Å². The number of nitrogens with two attached hydrogens (primary N) is 2. The van der Waals surface area contributed by atoms with Gasteiger partial charge in [-0.3, -0.25) is 14.1 Å². The molecule has 48 heavy (non-hydrogen) atoms. The van der Waals surface area contributed by atoms with E-state index in [1.807, 2.05) is 42.1 Å². The molecule has 1 aromatic carbocycles. The third-order valence-electron chi connectivity index (χ3n) is 7.47. The molecule has 7 N–H and O–H groups in total. The maximum absolute atomic E-state index is 13.3. The zero-order chi connectivity index (χ0) is 35.2. The molecule has 258 valence electrons. The average Bonchev–Trinajstić information content (AvgIpc) is 3.46. The second-order valence-electron chi connectivity index (χ2n) is 11.2. The molecule has 19 heteroatoms. The lowest BCUT2D eigenvalue weighted by atomic mass is 9.74. The van der Waals surface area contributed by atoms with Crippen molar-refractivity contribution in [1.82, 2.24) is 15.4 Å². The predicted molar refractivity (Wildman–Crippen MR) is 172 cm³/mol. The third kappa shape index (κ3) is 8.88. The van der Waals surface area contributed by atoms with Crippen LogP contribution in [0.5, 0.6) is 5.75 Å². The van der Waals surface area contributed by atoms with Crippen LogP contribution in [-0.2, 0) is 47.5 Å². The van der Waals surface area contributed by atoms with Crippen molar-refractivity contribution in [3.05, 3.63) is 59.4 Å². The average molecular weight is 707 g/mol. The molecule has 0 unspecified atom stereocenters. The van der Waals surface area contributed by atoms with Crippen molar-refractivity contribution in [3.8, 4) is 16.9 Å².